The van der Waals surface area contributed by atoms with Gasteiger partial charge < -0.3 is 9.64 Å². The standard InChI is InChI=1S/C27H18Cl4N2O5/c1-12-3-4-16(9-13(12)2)32-11-14(10-18(32)34)27(37)38-17-7-5-15(6-8-17)33-25(35)19-20(26(33)36)22(29)24(31)23(30)21(19)28/h3-9,14H,10-11H2,1-2H3/t14-/m1/s1. The van der Waals surface area contributed by atoms with Gasteiger partial charge in [-0.15, -0.1) is 0 Å². The molecule has 194 valence electrons. The molecule has 3 amide bonds. The molecule has 1 atom stereocenters. The summed E-state index contributed by atoms with van der Waals surface area (Å²) in [6.45, 7) is 4.16. The third kappa shape index (κ3) is 4.33. The van der Waals surface area contributed by atoms with Crippen molar-refractivity contribution in [1.29, 1.82) is 0 Å². The average molecular weight is 592 g/mol. The summed E-state index contributed by atoms with van der Waals surface area (Å²) in [4.78, 5) is 53.9. The topological polar surface area (TPSA) is 84.0 Å². The molecule has 0 spiro atoms. The van der Waals surface area contributed by atoms with Crippen molar-refractivity contribution in [3.05, 3.63) is 84.8 Å². The van der Waals surface area contributed by atoms with E-state index in [2.05, 4.69) is 0 Å². The van der Waals surface area contributed by atoms with E-state index in [1.165, 1.54) is 24.3 Å². The number of rotatable bonds is 4. The molecule has 0 unspecified atom stereocenters. The SMILES string of the molecule is Cc1ccc(N2C[C@H](C(=O)Oc3ccc(N4C(=O)c5c(Cl)c(Cl)c(Cl)c(Cl)c5C4=O)cc3)CC2=O)cc1C. The lowest BCUT2D eigenvalue weighted by molar-refractivity contribution is -0.139. The molecule has 0 aliphatic carbocycles. The van der Waals surface area contributed by atoms with Gasteiger partial charge in [-0.2, -0.15) is 0 Å². The van der Waals surface area contributed by atoms with E-state index < -0.39 is 23.7 Å². The fraction of sp³-hybridized carbons (Fsp3) is 0.185. The van der Waals surface area contributed by atoms with Crippen LogP contribution in [0.5, 0.6) is 5.75 Å². The molecular formula is C27H18Cl4N2O5. The Balaban J connectivity index is 1.31. The molecule has 38 heavy (non-hydrogen) atoms. The normalized spacial score (nSPS) is 16.9. The smallest absolute Gasteiger partial charge is 0.316 e. The van der Waals surface area contributed by atoms with Crippen LogP contribution in [-0.4, -0.2) is 30.2 Å². The fourth-order valence-corrected chi connectivity index (χ4v) is 5.47. The molecule has 0 bridgehead atoms. The van der Waals surface area contributed by atoms with Crippen LogP contribution in [0.25, 0.3) is 0 Å². The van der Waals surface area contributed by atoms with Gasteiger partial charge in [0.05, 0.1) is 42.8 Å². The average Bonchev–Trinajstić information content (AvgIpc) is 3.40. The highest BCUT2D eigenvalue weighted by atomic mass is 35.5. The molecular weight excluding hydrogens is 574 g/mol. The lowest BCUT2D eigenvalue weighted by Crippen LogP contribution is -2.29. The number of anilines is 2. The Morgan fingerprint density at radius 3 is 1.89 bits per heavy atom. The molecule has 0 radical (unpaired) electrons. The van der Waals surface area contributed by atoms with Gasteiger partial charge in [0.15, 0.2) is 0 Å². The predicted molar refractivity (Wildman–Crippen MR) is 146 cm³/mol. The van der Waals surface area contributed by atoms with E-state index in [4.69, 9.17) is 51.1 Å². The highest BCUT2D eigenvalue weighted by Gasteiger charge is 2.42. The van der Waals surface area contributed by atoms with Crippen molar-refractivity contribution in [3.8, 4) is 5.75 Å². The number of fused-ring (bicyclic) bond motifs is 1. The van der Waals surface area contributed by atoms with Crippen LogP contribution in [0.3, 0.4) is 0 Å². The van der Waals surface area contributed by atoms with Gasteiger partial charge in [0, 0.05) is 18.7 Å². The maximum Gasteiger partial charge on any atom is 0.316 e. The number of aryl methyl sites for hydroxylation is 2. The van der Waals surface area contributed by atoms with E-state index >= 15 is 0 Å². The zero-order chi connectivity index (χ0) is 27.5. The number of ether oxygens (including phenoxy) is 1. The second-order valence-corrected chi connectivity index (χ2v) is 10.6. The van der Waals surface area contributed by atoms with Gasteiger partial charge in [-0.25, -0.2) is 4.90 Å². The minimum absolute atomic E-state index is 0.0333. The number of hydrogen-bond acceptors (Lipinski definition) is 5. The van der Waals surface area contributed by atoms with E-state index in [1.807, 2.05) is 32.0 Å². The number of carbonyl (C=O) groups excluding carboxylic acids is 4. The van der Waals surface area contributed by atoms with Crippen LogP contribution in [0, 0.1) is 19.8 Å². The number of benzene rings is 3. The summed E-state index contributed by atoms with van der Waals surface area (Å²) in [6.07, 6.45) is 0.0333. The second-order valence-electron chi connectivity index (χ2n) is 9.04. The first-order valence-electron chi connectivity index (χ1n) is 11.4. The number of imide groups is 1. The van der Waals surface area contributed by atoms with Crippen molar-refractivity contribution in [2.24, 2.45) is 5.92 Å². The lowest BCUT2D eigenvalue weighted by atomic mass is 10.1. The predicted octanol–water partition coefficient (Wildman–Crippen LogP) is 6.68. The van der Waals surface area contributed by atoms with E-state index in [1.54, 1.807) is 4.90 Å². The molecule has 0 N–H and O–H groups in total. The Labute approximate surface area is 237 Å². The molecule has 0 saturated carbocycles. The van der Waals surface area contributed by atoms with E-state index in [-0.39, 0.29) is 61.5 Å². The van der Waals surface area contributed by atoms with Crippen molar-refractivity contribution >= 4 is 81.5 Å². The van der Waals surface area contributed by atoms with E-state index in [9.17, 15) is 19.2 Å². The highest BCUT2D eigenvalue weighted by molar-refractivity contribution is 6.56. The molecule has 0 aromatic heterocycles. The van der Waals surface area contributed by atoms with Crippen LogP contribution < -0.4 is 14.5 Å². The van der Waals surface area contributed by atoms with Gasteiger partial charge in [0.1, 0.15) is 5.75 Å². The Kier molecular flexibility index (Phi) is 6.90. The van der Waals surface area contributed by atoms with Crippen LogP contribution in [0.15, 0.2) is 42.5 Å². The van der Waals surface area contributed by atoms with Gasteiger partial charge >= 0.3 is 5.97 Å². The third-order valence-corrected chi connectivity index (χ3v) is 8.48. The first-order valence-corrected chi connectivity index (χ1v) is 12.9. The second kappa shape index (κ2) is 9.89. The minimum Gasteiger partial charge on any atom is -0.426 e. The van der Waals surface area contributed by atoms with Crippen LogP contribution >= 0.6 is 46.4 Å². The Morgan fingerprint density at radius 1 is 0.789 bits per heavy atom. The van der Waals surface area contributed by atoms with Gasteiger partial charge in [0.2, 0.25) is 5.91 Å². The molecule has 11 heteroatoms. The summed E-state index contributed by atoms with van der Waals surface area (Å²) in [5.41, 5.74) is 2.83. The Morgan fingerprint density at radius 2 is 1.34 bits per heavy atom. The molecule has 1 saturated heterocycles. The Bertz CT molecular complexity index is 1510. The monoisotopic (exact) mass is 590 g/mol. The van der Waals surface area contributed by atoms with Crippen LogP contribution in [0.2, 0.25) is 20.1 Å². The maximum absolute atomic E-state index is 13.0. The molecule has 3 aromatic rings. The van der Waals surface area contributed by atoms with Gasteiger partial charge in [0.25, 0.3) is 11.8 Å². The first-order chi connectivity index (χ1) is 18.0. The zero-order valence-electron chi connectivity index (χ0n) is 20.0. The quantitative estimate of drug-likeness (QED) is 0.111. The summed E-state index contributed by atoms with van der Waals surface area (Å²) in [5, 5.41) is -0.570. The van der Waals surface area contributed by atoms with Gasteiger partial charge in [-0.05, 0) is 61.4 Å². The molecule has 2 heterocycles. The largest absolute Gasteiger partial charge is 0.426 e. The summed E-state index contributed by atoms with van der Waals surface area (Å²) in [5.74, 6) is -2.59. The van der Waals surface area contributed by atoms with E-state index in [0.29, 0.717) is 0 Å². The molecule has 1 fully saturated rings. The molecule has 2 aliphatic heterocycles. The Hall–Kier alpha value is -3.10. The number of halogens is 4. The number of hydrogen-bond donors (Lipinski definition) is 0. The number of esters is 1. The molecule has 2 aliphatic rings. The summed E-state index contributed by atoms with van der Waals surface area (Å²) < 4.78 is 5.49. The van der Waals surface area contributed by atoms with Crippen molar-refractivity contribution in [2.75, 3.05) is 16.3 Å². The highest BCUT2D eigenvalue weighted by Crippen LogP contribution is 2.45. The maximum atomic E-state index is 13.0. The number of nitrogens with zero attached hydrogens (tertiary/aromatic N) is 2. The minimum atomic E-state index is -0.712. The van der Waals surface area contributed by atoms with E-state index in [0.717, 1.165) is 21.7 Å². The van der Waals surface area contributed by atoms with Crippen molar-refractivity contribution < 1.29 is 23.9 Å². The zero-order valence-corrected chi connectivity index (χ0v) is 23.0. The summed E-state index contributed by atoms with van der Waals surface area (Å²) in [6, 6.07) is 11.5. The molecule has 3 aromatic carbocycles. The third-order valence-electron chi connectivity index (χ3n) is 6.67. The summed E-state index contributed by atoms with van der Waals surface area (Å²) in [7, 11) is 0. The van der Waals surface area contributed by atoms with Gasteiger partial charge in [-0.1, -0.05) is 52.5 Å². The molecule has 7 nitrogen and oxygen atoms in total. The number of carbonyl (C=O) groups is 4. The van der Waals surface area contributed by atoms with Crippen molar-refractivity contribution in [2.45, 2.75) is 20.3 Å². The molecule has 5 rings (SSSR count). The number of amides is 3. The van der Waals surface area contributed by atoms with Crippen LogP contribution in [-0.2, 0) is 9.59 Å². The first kappa shape index (κ1) is 26.5. The van der Waals surface area contributed by atoms with Crippen molar-refractivity contribution in [3.63, 3.8) is 0 Å². The van der Waals surface area contributed by atoms with Crippen LogP contribution in [0.4, 0.5) is 11.4 Å². The van der Waals surface area contributed by atoms with Gasteiger partial charge in [-0.3, -0.25) is 19.2 Å². The lowest BCUT2D eigenvalue weighted by Gasteiger charge is -2.18. The van der Waals surface area contributed by atoms with Crippen molar-refractivity contribution in [1.82, 2.24) is 0 Å². The fourth-order valence-electron chi connectivity index (χ4n) is 4.45. The summed E-state index contributed by atoms with van der Waals surface area (Å²) >= 11 is 24.5. The van der Waals surface area contributed by atoms with Crippen LogP contribution in [0.1, 0.15) is 38.3 Å².